The number of unbranched alkanes of at least 4 members (excludes halogenated alkanes) is 4. The van der Waals surface area contributed by atoms with Gasteiger partial charge in [-0.1, -0.05) is 64.4 Å². The van der Waals surface area contributed by atoms with Gasteiger partial charge in [0, 0.05) is 20.8 Å². The monoisotopic (exact) mass is 537 g/mol. The van der Waals surface area contributed by atoms with Gasteiger partial charge in [-0.05, 0) is 25.7 Å². The first-order valence-electron chi connectivity index (χ1n) is 7.87. The van der Waals surface area contributed by atoms with Crippen LogP contribution in [0.25, 0.3) is 0 Å². The highest BCUT2D eigenvalue weighted by Crippen LogP contribution is 2.34. The lowest BCUT2D eigenvalue weighted by molar-refractivity contribution is -0.137. The molecule has 0 heterocycles. The average molecular weight is 537 g/mol. The summed E-state index contributed by atoms with van der Waals surface area (Å²) in [5.74, 6) is -1.05. The van der Waals surface area contributed by atoms with Crippen molar-refractivity contribution in [3.05, 3.63) is 0 Å². The van der Waals surface area contributed by atoms with Crippen LogP contribution in [0.5, 0.6) is 0 Å². The van der Waals surface area contributed by atoms with Crippen molar-refractivity contribution >= 4 is 57.1 Å². The lowest BCUT2D eigenvalue weighted by Crippen LogP contribution is -2.46. The first-order valence-corrected chi connectivity index (χ1v) is 10.4. The Morgan fingerprint density at radius 1 is 1.05 bits per heavy atom. The Labute approximate surface area is 159 Å². The molecule has 3 N–H and O–H groups in total. The third-order valence-corrected chi connectivity index (χ3v) is 6.24. The Balaban J connectivity index is 2.11. The molecule has 5 nitrogen and oxygen atoms in total. The van der Waals surface area contributed by atoms with E-state index in [9.17, 15) is 14.7 Å². The molecule has 4 unspecified atom stereocenters. The van der Waals surface area contributed by atoms with E-state index in [1.807, 2.05) is 0 Å². The summed E-state index contributed by atoms with van der Waals surface area (Å²) in [6.07, 6.45) is 5.97. The largest absolute Gasteiger partial charge is 0.481 e. The molecular weight excluding hydrogens is 512 g/mol. The number of rotatable bonds is 9. The fourth-order valence-electron chi connectivity index (χ4n) is 2.68. The summed E-state index contributed by atoms with van der Waals surface area (Å²) in [6, 6.07) is 0. The maximum absolute atomic E-state index is 12.2. The molecule has 1 amide bonds. The summed E-state index contributed by atoms with van der Waals surface area (Å²) in [5, 5.41) is 21.6. The minimum Gasteiger partial charge on any atom is -0.481 e. The van der Waals surface area contributed by atoms with E-state index in [0.717, 1.165) is 44.9 Å². The zero-order valence-electron chi connectivity index (χ0n) is 12.6. The molecular formula is C15H25I2NO4. The topological polar surface area (TPSA) is 86.6 Å². The average Bonchev–Trinajstić information content (AvgIpc) is 2.45. The van der Waals surface area contributed by atoms with Crippen LogP contribution in [0.15, 0.2) is 0 Å². The minimum absolute atomic E-state index is 0.0265. The Hall–Kier alpha value is 0.360. The highest BCUT2D eigenvalue weighted by molar-refractivity contribution is 14.1. The number of nitrogens with one attached hydrogen (secondary N) is 1. The number of aliphatic hydroxyl groups is 1. The lowest BCUT2D eigenvalue weighted by atomic mass is 9.86. The first-order chi connectivity index (χ1) is 10.4. The van der Waals surface area contributed by atoms with Gasteiger partial charge >= 0.3 is 5.97 Å². The van der Waals surface area contributed by atoms with E-state index >= 15 is 0 Å². The fourth-order valence-corrected chi connectivity index (χ4v) is 5.87. The molecule has 0 saturated heterocycles. The second-order valence-electron chi connectivity index (χ2n) is 5.88. The van der Waals surface area contributed by atoms with Crippen molar-refractivity contribution in [3.8, 4) is 0 Å². The van der Waals surface area contributed by atoms with E-state index in [0.29, 0.717) is 10.5 Å². The second kappa shape index (κ2) is 11.0. The minimum atomic E-state index is -0.736. The van der Waals surface area contributed by atoms with Crippen LogP contribution < -0.4 is 5.32 Å². The molecule has 0 spiro atoms. The van der Waals surface area contributed by atoms with Gasteiger partial charge in [0.25, 0.3) is 0 Å². The molecule has 0 radical (unpaired) electrons. The van der Waals surface area contributed by atoms with Gasteiger partial charge in [0.05, 0.1) is 12.0 Å². The summed E-state index contributed by atoms with van der Waals surface area (Å²) in [4.78, 5) is 22.5. The fraction of sp³-hybridized carbons (Fsp3) is 0.867. The number of carboxylic acid groups (broad SMARTS) is 1. The Bertz CT molecular complexity index is 367. The predicted octanol–water partition coefficient (Wildman–Crippen LogP) is 2.91. The molecule has 0 aliphatic heterocycles. The normalized spacial score (nSPS) is 28.3. The van der Waals surface area contributed by atoms with Crippen LogP contribution in [0.3, 0.4) is 0 Å². The Morgan fingerprint density at radius 3 is 2.36 bits per heavy atom. The van der Waals surface area contributed by atoms with Gasteiger partial charge in [-0.15, -0.1) is 0 Å². The lowest BCUT2D eigenvalue weighted by Gasteiger charge is -2.33. The number of aliphatic hydroxyl groups excluding tert-OH is 1. The number of halogens is 2. The van der Waals surface area contributed by atoms with Crippen molar-refractivity contribution in [3.63, 3.8) is 0 Å². The molecule has 0 aromatic heterocycles. The van der Waals surface area contributed by atoms with Crippen molar-refractivity contribution in [2.75, 3.05) is 6.54 Å². The summed E-state index contributed by atoms with van der Waals surface area (Å²) in [6.45, 7) is 0.638. The molecule has 1 saturated carbocycles. The maximum atomic E-state index is 12.2. The maximum Gasteiger partial charge on any atom is 0.303 e. The van der Waals surface area contributed by atoms with Crippen LogP contribution in [0.4, 0.5) is 0 Å². The van der Waals surface area contributed by atoms with Crippen LogP contribution in [0.1, 0.15) is 51.4 Å². The van der Waals surface area contributed by atoms with Crippen LogP contribution in [0.2, 0.25) is 0 Å². The molecule has 1 rings (SSSR count). The van der Waals surface area contributed by atoms with E-state index in [-0.39, 0.29) is 22.2 Å². The molecule has 0 bridgehead atoms. The van der Waals surface area contributed by atoms with Gasteiger partial charge in [0.2, 0.25) is 5.91 Å². The summed E-state index contributed by atoms with van der Waals surface area (Å²) < 4.78 is 0.603. The SMILES string of the molecule is O=C(O)CCCCCCCNC(=O)C1CC(I)CC(I)C1O. The molecule has 7 heteroatoms. The second-order valence-corrected chi connectivity index (χ2v) is 9.25. The predicted molar refractivity (Wildman–Crippen MR) is 103 cm³/mol. The van der Waals surface area contributed by atoms with E-state index in [4.69, 9.17) is 5.11 Å². The molecule has 0 aromatic rings. The van der Waals surface area contributed by atoms with E-state index in [1.165, 1.54) is 0 Å². The van der Waals surface area contributed by atoms with Crippen molar-refractivity contribution in [1.29, 1.82) is 0 Å². The molecule has 0 aromatic carbocycles. The van der Waals surface area contributed by atoms with Crippen molar-refractivity contribution < 1.29 is 19.8 Å². The van der Waals surface area contributed by atoms with Crippen LogP contribution in [-0.2, 0) is 9.59 Å². The number of carbonyl (C=O) groups is 2. The van der Waals surface area contributed by atoms with Crippen molar-refractivity contribution in [2.24, 2.45) is 5.92 Å². The number of carbonyl (C=O) groups excluding carboxylic acids is 1. The third kappa shape index (κ3) is 7.76. The summed E-state index contributed by atoms with van der Waals surface area (Å²) >= 11 is 4.60. The van der Waals surface area contributed by atoms with Gasteiger partial charge < -0.3 is 15.5 Å². The van der Waals surface area contributed by atoms with Crippen LogP contribution in [-0.4, -0.2) is 42.6 Å². The van der Waals surface area contributed by atoms with Gasteiger partial charge in [0.1, 0.15) is 0 Å². The van der Waals surface area contributed by atoms with Gasteiger partial charge in [-0.25, -0.2) is 0 Å². The number of hydrogen-bond donors (Lipinski definition) is 3. The van der Waals surface area contributed by atoms with E-state index in [1.54, 1.807) is 0 Å². The molecule has 1 aliphatic carbocycles. The number of alkyl halides is 2. The number of amides is 1. The number of carboxylic acids is 1. The highest BCUT2D eigenvalue weighted by atomic mass is 127. The first kappa shape index (κ1) is 20.4. The molecule has 128 valence electrons. The smallest absolute Gasteiger partial charge is 0.303 e. The van der Waals surface area contributed by atoms with Crippen LogP contribution in [0, 0.1) is 5.92 Å². The zero-order valence-corrected chi connectivity index (χ0v) is 17.0. The van der Waals surface area contributed by atoms with Crippen molar-refractivity contribution in [1.82, 2.24) is 5.32 Å². The highest BCUT2D eigenvalue weighted by Gasteiger charge is 2.38. The quantitative estimate of drug-likeness (QED) is 0.240. The summed E-state index contributed by atoms with van der Waals surface area (Å²) in [5.41, 5.74) is 0. The molecule has 22 heavy (non-hydrogen) atoms. The van der Waals surface area contributed by atoms with E-state index < -0.39 is 12.1 Å². The molecule has 4 atom stereocenters. The number of aliphatic carboxylic acids is 1. The summed E-state index contributed by atoms with van der Waals surface area (Å²) in [7, 11) is 0. The van der Waals surface area contributed by atoms with Gasteiger partial charge in [0.15, 0.2) is 0 Å². The van der Waals surface area contributed by atoms with Gasteiger partial charge in [-0.2, -0.15) is 0 Å². The van der Waals surface area contributed by atoms with Crippen LogP contribution >= 0.6 is 45.2 Å². The molecule has 1 aliphatic rings. The van der Waals surface area contributed by atoms with Gasteiger partial charge in [-0.3, -0.25) is 9.59 Å². The Kier molecular flexibility index (Phi) is 10.2. The van der Waals surface area contributed by atoms with E-state index in [2.05, 4.69) is 50.5 Å². The number of hydrogen-bond acceptors (Lipinski definition) is 3. The Morgan fingerprint density at radius 2 is 1.68 bits per heavy atom. The standard InChI is InChI=1S/C15H25I2NO4/c16-10-8-11(14(21)12(17)9-10)15(22)18-7-5-3-1-2-4-6-13(19)20/h10-12,14,21H,1-9H2,(H,18,22)(H,19,20). The zero-order chi connectivity index (χ0) is 16.5. The van der Waals surface area contributed by atoms with Crippen molar-refractivity contribution in [2.45, 2.75) is 65.3 Å². The third-order valence-electron chi connectivity index (χ3n) is 3.98. The molecule has 1 fully saturated rings.